The van der Waals surface area contributed by atoms with Gasteiger partial charge in [-0.3, -0.25) is 14.4 Å². The van der Waals surface area contributed by atoms with Crippen LogP contribution in [0.3, 0.4) is 0 Å². The van der Waals surface area contributed by atoms with E-state index in [-0.39, 0.29) is 40.6 Å². The van der Waals surface area contributed by atoms with E-state index in [9.17, 15) is 14.4 Å². The van der Waals surface area contributed by atoms with Gasteiger partial charge in [-0.1, -0.05) is 0 Å². The van der Waals surface area contributed by atoms with E-state index in [1.165, 1.54) is 6.42 Å². The second-order valence-corrected chi connectivity index (χ2v) is 9.84. The average Bonchev–Trinajstić information content (AvgIpc) is 2.59. The molecule has 0 heterocycles. The van der Waals surface area contributed by atoms with Gasteiger partial charge < -0.3 is 16.0 Å². The van der Waals surface area contributed by atoms with Crippen molar-refractivity contribution in [3.63, 3.8) is 0 Å². The van der Waals surface area contributed by atoms with Gasteiger partial charge in [-0.05, 0) is 76.0 Å². The number of amides is 3. The first-order valence-electron chi connectivity index (χ1n) is 10.6. The van der Waals surface area contributed by atoms with Crippen LogP contribution in [-0.2, 0) is 14.4 Å². The number of carbonyl (C=O) groups is 3. The molecule has 3 amide bonds. The molecule has 0 spiro atoms. The largest absolute Gasteiger partial charge is 0.359 e. The van der Waals surface area contributed by atoms with Crippen LogP contribution in [-0.4, -0.2) is 36.3 Å². The summed E-state index contributed by atoms with van der Waals surface area (Å²) in [6, 6.07) is 0.183. The molecule has 2 unspecified atom stereocenters. The summed E-state index contributed by atoms with van der Waals surface area (Å²) in [4.78, 5) is 37.0. The third kappa shape index (κ3) is 3.47. The Morgan fingerprint density at radius 1 is 0.926 bits per heavy atom. The fourth-order valence-electron chi connectivity index (χ4n) is 7.09. The van der Waals surface area contributed by atoms with Gasteiger partial charge in [0.25, 0.3) is 0 Å². The molecule has 150 valence electrons. The number of rotatable bonds is 4. The lowest BCUT2D eigenvalue weighted by Crippen LogP contribution is -2.66. The predicted molar refractivity (Wildman–Crippen MR) is 102 cm³/mol. The topological polar surface area (TPSA) is 87.3 Å². The summed E-state index contributed by atoms with van der Waals surface area (Å²) in [5.74, 6) is 1.57. The van der Waals surface area contributed by atoms with E-state index in [0.717, 1.165) is 57.8 Å². The van der Waals surface area contributed by atoms with Crippen LogP contribution < -0.4 is 16.0 Å². The van der Waals surface area contributed by atoms with E-state index in [1.807, 2.05) is 0 Å². The van der Waals surface area contributed by atoms with E-state index in [4.69, 9.17) is 0 Å². The number of hydrogen-bond acceptors (Lipinski definition) is 3. The van der Waals surface area contributed by atoms with Crippen molar-refractivity contribution in [3.8, 4) is 0 Å². The zero-order valence-electron chi connectivity index (χ0n) is 16.6. The SMILES string of the molecule is CNC(=O)C1CCC(NC(=O)C23CC4CC(CC(NC(C)=O)(C4)C2)C3)CC1. The maximum absolute atomic E-state index is 13.4. The molecule has 5 saturated carbocycles. The van der Waals surface area contributed by atoms with Gasteiger partial charge in [-0.25, -0.2) is 0 Å². The highest BCUT2D eigenvalue weighted by Crippen LogP contribution is 2.61. The van der Waals surface area contributed by atoms with Gasteiger partial charge in [0.05, 0.1) is 5.41 Å². The van der Waals surface area contributed by atoms with Crippen LogP contribution in [0.2, 0.25) is 0 Å². The molecule has 0 aromatic heterocycles. The van der Waals surface area contributed by atoms with Crippen molar-refractivity contribution in [2.75, 3.05) is 7.05 Å². The Hall–Kier alpha value is -1.59. The summed E-state index contributed by atoms with van der Waals surface area (Å²) in [7, 11) is 1.69. The summed E-state index contributed by atoms with van der Waals surface area (Å²) < 4.78 is 0. The van der Waals surface area contributed by atoms with E-state index in [0.29, 0.717) is 11.8 Å². The van der Waals surface area contributed by atoms with Crippen molar-refractivity contribution in [1.82, 2.24) is 16.0 Å². The van der Waals surface area contributed by atoms with Gasteiger partial charge >= 0.3 is 0 Å². The van der Waals surface area contributed by atoms with Gasteiger partial charge in [0, 0.05) is 31.5 Å². The maximum Gasteiger partial charge on any atom is 0.226 e. The minimum Gasteiger partial charge on any atom is -0.359 e. The van der Waals surface area contributed by atoms with E-state index in [2.05, 4.69) is 16.0 Å². The Morgan fingerprint density at radius 2 is 1.56 bits per heavy atom. The first-order chi connectivity index (χ1) is 12.8. The molecule has 27 heavy (non-hydrogen) atoms. The smallest absolute Gasteiger partial charge is 0.226 e. The predicted octanol–water partition coefficient (Wildman–Crippen LogP) is 1.88. The molecule has 0 radical (unpaired) electrons. The molecule has 3 N–H and O–H groups in total. The van der Waals surface area contributed by atoms with Crippen LogP contribution >= 0.6 is 0 Å². The lowest BCUT2D eigenvalue weighted by molar-refractivity contribution is -0.154. The molecule has 0 aromatic carbocycles. The summed E-state index contributed by atoms with van der Waals surface area (Å²) in [6.07, 6.45) is 9.49. The van der Waals surface area contributed by atoms with Crippen molar-refractivity contribution in [2.45, 2.75) is 82.7 Å². The molecule has 5 aliphatic rings. The van der Waals surface area contributed by atoms with Gasteiger partial charge in [-0.2, -0.15) is 0 Å². The Bertz CT molecular complexity index is 625. The zero-order valence-corrected chi connectivity index (χ0v) is 16.6. The standard InChI is InChI=1S/C21H33N3O3/c1-13(25)24-21-10-14-7-15(11-21)9-20(8-14,12-21)19(27)23-17-5-3-16(4-6-17)18(26)22-2/h14-17H,3-12H2,1-2H3,(H,22,26)(H,23,27)(H,24,25). The van der Waals surface area contributed by atoms with Crippen LogP contribution in [0.5, 0.6) is 0 Å². The molecule has 5 aliphatic carbocycles. The molecule has 2 atom stereocenters. The van der Waals surface area contributed by atoms with Crippen molar-refractivity contribution in [1.29, 1.82) is 0 Å². The number of carbonyl (C=O) groups excluding carboxylic acids is 3. The van der Waals surface area contributed by atoms with Crippen molar-refractivity contribution in [2.24, 2.45) is 23.2 Å². The normalized spacial score (nSPS) is 42.4. The molecular weight excluding hydrogens is 342 g/mol. The first-order valence-corrected chi connectivity index (χ1v) is 10.6. The van der Waals surface area contributed by atoms with Crippen LogP contribution in [0.25, 0.3) is 0 Å². The third-order valence-electron chi connectivity index (χ3n) is 7.66. The van der Waals surface area contributed by atoms with Crippen molar-refractivity contribution < 1.29 is 14.4 Å². The summed E-state index contributed by atoms with van der Waals surface area (Å²) in [5, 5.41) is 9.31. The highest BCUT2D eigenvalue weighted by atomic mass is 16.2. The van der Waals surface area contributed by atoms with Gasteiger partial charge in [-0.15, -0.1) is 0 Å². The van der Waals surface area contributed by atoms with Crippen LogP contribution in [0, 0.1) is 23.2 Å². The highest BCUT2D eigenvalue weighted by Gasteiger charge is 2.61. The highest BCUT2D eigenvalue weighted by molar-refractivity contribution is 5.84. The minimum atomic E-state index is -0.301. The van der Waals surface area contributed by atoms with E-state index in [1.54, 1.807) is 14.0 Å². The monoisotopic (exact) mass is 375 g/mol. The van der Waals surface area contributed by atoms with E-state index >= 15 is 0 Å². The molecule has 0 aliphatic heterocycles. The van der Waals surface area contributed by atoms with Gasteiger partial charge in [0.2, 0.25) is 17.7 Å². The lowest BCUT2D eigenvalue weighted by Gasteiger charge is -2.61. The minimum absolute atomic E-state index is 0.0278. The van der Waals surface area contributed by atoms with Gasteiger partial charge in [0.15, 0.2) is 0 Å². The lowest BCUT2D eigenvalue weighted by atomic mass is 9.46. The van der Waals surface area contributed by atoms with Crippen LogP contribution in [0.4, 0.5) is 0 Å². The molecule has 5 rings (SSSR count). The Labute approximate surface area is 161 Å². The van der Waals surface area contributed by atoms with Crippen LogP contribution in [0.15, 0.2) is 0 Å². The molecule has 6 nitrogen and oxygen atoms in total. The fraction of sp³-hybridized carbons (Fsp3) is 0.857. The fourth-order valence-corrected chi connectivity index (χ4v) is 7.09. The summed E-state index contributed by atoms with van der Waals surface area (Å²) in [5.41, 5.74) is -0.464. The molecule has 0 saturated heterocycles. The molecular formula is C21H33N3O3. The Balaban J connectivity index is 1.42. The number of nitrogens with one attached hydrogen (secondary N) is 3. The Kier molecular flexibility index (Phi) is 4.71. The molecule has 6 heteroatoms. The second kappa shape index (κ2) is 6.78. The van der Waals surface area contributed by atoms with Gasteiger partial charge in [0.1, 0.15) is 0 Å². The molecule has 4 bridgehead atoms. The number of hydrogen-bond donors (Lipinski definition) is 3. The van der Waals surface area contributed by atoms with E-state index < -0.39 is 0 Å². The first kappa shape index (κ1) is 18.8. The molecule has 5 fully saturated rings. The maximum atomic E-state index is 13.4. The quantitative estimate of drug-likeness (QED) is 0.701. The summed E-state index contributed by atoms with van der Waals surface area (Å²) in [6.45, 7) is 1.59. The average molecular weight is 376 g/mol. The van der Waals surface area contributed by atoms with Crippen LogP contribution in [0.1, 0.15) is 71.1 Å². The Morgan fingerprint density at radius 3 is 2.11 bits per heavy atom. The van der Waals surface area contributed by atoms with Crippen molar-refractivity contribution in [3.05, 3.63) is 0 Å². The third-order valence-corrected chi connectivity index (χ3v) is 7.66. The second-order valence-electron chi connectivity index (χ2n) is 9.84. The summed E-state index contributed by atoms with van der Waals surface area (Å²) >= 11 is 0. The van der Waals surface area contributed by atoms with Crippen molar-refractivity contribution >= 4 is 17.7 Å². The zero-order chi connectivity index (χ0) is 19.2. The molecule has 0 aromatic rings.